The highest BCUT2D eigenvalue weighted by Crippen LogP contribution is 2.49. The molecule has 0 aromatic carbocycles. The Labute approximate surface area is 452 Å². The van der Waals surface area contributed by atoms with Crippen LogP contribution in [0.2, 0.25) is 0 Å². The van der Waals surface area contributed by atoms with Crippen molar-refractivity contribution in [1.29, 1.82) is 0 Å². The Kier molecular flexibility index (Phi) is 20.4. The van der Waals surface area contributed by atoms with Gasteiger partial charge in [-0.2, -0.15) is 13.2 Å². The molecule has 3 aliphatic carbocycles. The van der Waals surface area contributed by atoms with Crippen LogP contribution in [0.1, 0.15) is 145 Å². The van der Waals surface area contributed by atoms with E-state index in [0.717, 1.165) is 69.2 Å². The van der Waals surface area contributed by atoms with Crippen LogP contribution in [0.4, 0.5) is 13.2 Å². The normalized spacial score (nSPS) is 28.9. The number of methoxy groups -OCH3 is 1. The fraction of sp³-hybridized carbons (Fsp3) is 0.737. The first-order valence-corrected chi connectivity index (χ1v) is 28.5. The summed E-state index contributed by atoms with van der Waals surface area (Å²) in [5.74, 6) is -0.752. The van der Waals surface area contributed by atoms with E-state index in [1.54, 1.807) is 36.4 Å². The molecule has 6 aliphatic rings. The third kappa shape index (κ3) is 14.7. The number of hydrogen-bond donors (Lipinski definition) is 3. The van der Waals surface area contributed by atoms with Gasteiger partial charge in [-0.1, -0.05) is 19.9 Å². The number of fused-ring (bicyclic) bond motifs is 1. The largest absolute Gasteiger partial charge is 0.417 e. The van der Waals surface area contributed by atoms with Crippen LogP contribution < -0.4 is 16.0 Å². The molecule has 3 saturated carbocycles. The fourth-order valence-corrected chi connectivity index (χ4v) is 13.2. The van der Waals surface area contributed by atoms with Crippen molar-refractivity contribution in [2.75, 3.05) is 66.8 Å². The van der Waals surface area contributed by atoms with Gasteiger partial charge in [0.2, 0.25) is 29.5 Å². The van der Waals surface area contributed by atoms with E-state index in [1.807, 2.05) is 12.1 Å². The minimum absolute atomic E-state index is 0.00174. The summed E-state index contributed by atoms with van der Waals surface area (Å²) in [7, 11) is 3.43. The molecular formula is C57H83F3N8O9. The Morgan fingerprint density at radius 3 is 2.38 bits per heavy atom. The van der Waals surface area contributed by atoms with Crippen molar-refractivity contribution in [3.05, 3.63) is 59.2 Å². The Balaban J connectivity index is 0.699. The van der Waals surface area contributed by atoms with Gasteiger partial charge in [0, 0.05) is 128 Å². The van der Waals surface area contributed by atoms with E-state index in [-0.39, 0.29) is 96.8 Å². The Bertz CT molecular complexity index is 2300. The number of carbonyl (C=O) groups is 5. The smallest absolute Gasteiger partial charge is 0.379 e. The summed E-state index contributed by atoms with van der Waals surface area (Å²) < 4.78 is 64.8. The number of nitrogens with zero attached hydrogens (tertiary/aromatic N) is 5. The summed E-state index contributed by atoms with van der Waals surface area (Å²) in [6, 6.07) is 4.69. The molecular weight excluding hydrogens is 998 g/mol. The maximum Gasteiger partial charge on any atom is 0.417 e. The van der Waals surface area contributed by atoms with Crippen LogP contribution in [-0.2, 0) is 62.1 Å². The number of pyridine rings is 2. The second kappa shape index (κ2) is 26.9. The molecule has 0 bridgehead atoms. The maximum atomic E-state index is 14.6. The van der Waals surface area contributed by atoms with Crippen LogP contribution in [0, 0.1) is 23.2 Å². The van der Waals surface area contributed by atoms with E-state index in [4.69, 9.17) is 18.9 Å². The highest BCUT2D eigenvalue weighted by molar-refractivity contribution is 5.90. The predicted molar refractivity (Wildman–Crippen MR) is 280 cm³/mol. The second-order valence-electron chi connectivity index (χ2n) is 22.8. The van der Waals surface area contributed by atoms with Gasteiger partial charge in [-0.25, -0.2) is 0 Å². The number of alkyl halides is 3. The molecule has 2 aromatic rings. The molecule has 3 aliphatic heterocycles. The zero-order valence-corrected chi connectivity index (χ0v) is 45.7. The van der Waals surface area contributed by atoms with Crippen LogP contribution in [0.5, 0.6) is 0 Å². The Morgan fingerprint density at radius 2 is 1.68 bits per heavy atom. The first-order valence-electron chi connectivity index (χ1n) is 28.5. The molecule has 17 nitrogen and oxygen atoms in total. The second-order valence-corrected chi connectivity index (χ2v) is 22.8. The van der Waals surface area contributed by atoms with Crippen molar-refractivity contribution in [2.24, 2.45) is 23.2 Å². The molecule has 8 rings (SSSR count). The van der Waals surface area contributed by atoms with Crippen molar-refractivity contribution in [3.8, 4) is 0 Å². The van der Waals surface area contributed by atoms with E-state index < -0.39 is 23.1 Å². The quantitative estimate of drug-likeness (QED) is 0.111. The molecule has 0 spiro atoms. The standard InChI is InChI=1S/C57H83F3N8O9/c1-37(2)56(55(73)67-26-19-47-40(35-67)30-41(34-64-47)57(58,59)60)21-18-43(32-56)68(48-20-28-75-36-49(48)74-4)25-7-23-62-53(71)38-10-12-42(13-11-38)65-50(69)9-6-27-76-44-14-16-45(17-15-44)77-29-24-63-54(72)46-31-51(70)66(3)52(46)39-8-5-22-61-33-39/h5,8,22,30,33-34,37-38,42-46,48-49,52H,6-7,9-21,23-29,31-32,35-36H2,1-4H3,(H,62,71)(H,63,72)(H,65,69)/t38?,42?,43-,44?,45?,46+,48+,49-,52-,56+/m1/s1. The summed E-state index contributed by atoms with van der Waals surface area (Å²) in [6.45, 7) is 8.24. The van der Waals surface area contributed by atoms with E-state index in [2.05, 4.69) is 44.7 Å². The lowest BCUT2D eigenvalue weighted by atomic mass is 9.73. The SMILES string of the molecule is CO[C@@H]1COCC[C@@H]1N(CCCNC(=O)C1CCC(NC(=O)CCCOC2CCC(OCCNC(=O)[C@H]3CC(=O)N(C)[C@@H]3c3cccnc3)CC2)CC1)[C@@H]1CC[C@@](C(=O)N2CCc3ncc(C(F)(F)F)cc3C2)(C(C)C)C1. The molecule has 5 fully saturated rings. The molecule has 5 heterocycles. The van der Waals surface area contributed by atoms with Gasteiger partial charge >= 0.3 is 6.18 Å². The van der Waals surface area contributed by atoms with Crippen molar-refractivity contribution in [2.45, 2.75) is 178 Å². The lowest BCUT2D eigenvalue weighted by Crippen LogP contribution is -2.54. The van der Waals surface area contributed by atoms with Gasteiger partial charge in [0.1, 0.15) is 0 Å². The van der Waals surface area contributed by atoms with E-state index in [1.165, 1.54) is 0 Å². The summed E-state index contributed by atoms with van der Waals surface area (Å²) in [4.78, 5) is 80.7. The Hall–Kier alpha value is -4.76. The van der Waals surface area contributed by atoms with Gasteiger partial charge in [-0.15, -0.1) is 0 Å². The molecule has 20 heteroatoms. The molecule has 77 heavy (non-hydrogen) atoms. The number of ether oxygens (including phenoxy) is 4. The number of nitrogens with one attached hydrogen (secondary N) is 3. The molecule has 5 amide bonds. The van der Waals surface area contributed by atoms with Crippen LogP contribution in [0.3, 0.4) is 0 Å². The van der Waals surface area contributed by atoms with Crippen LogP contribution in [0.15, 0.2) is 36.8 Å². The third-order valence-electron chi connectivity index (χ3n) is 17.8. The van der Waals surface area contributed by atoms with Gasteiger partial charge in [0.15, 0.2) is 0 Å². The molecule has 6 atom stereocenters. The molecule has 426 valence electrons. The van der Waals surface area contributed by atoms with E-state index >= 15 is 0 Å². The first-order chi connectivity index (χ1) is 37.0. The van der Waals surface area contributed by atoms with Gasteiger partial charge in [0.25, 0.3) is 0 Å². The number of amides is 5. The average molecular weight is 1080 g/mol. The topological polar surface area (TPSA) is 194 Å². The minimum Gasteiger partial charge on any atom is -0.379 e. The van der Waals surface area contributed by atoms with E-state index in [9.17, 15) is 37.1 Å². The summed E-state index contributed by atoms with van der Waals surface area (Å²) >= 11 is 0. The van der Waals surface area contributed by atoms with Gasteiger partial charge in [0.05, 0.1) is 54.5 Å². The van der Waals surface area contributed by atoms with Crippen molar-refractivity contribution in [1.82, 2.24) is 40.6 Å². The van der Waals surface area contributed by atoms with Crippen molar-refractivity contribution < 1.29 is 56.1 Å². The number of halogens is 3. The molecule has 3 N–H and O–H groups in total. The number of carbonyl (C=O) groups excluding carboxylic acids is 5. The van der Waals surface area contributed by atoms with Gasteiger partial charge in [-0.05, 0) is 119 Å². The zero-order valence-electron chi connectivity index (χ0n) is 45.7. The summed E-state index contributed by atoms with van der Waals surface area (Å²) in [5, 5.41) is 9.36. The lowest BCUT2D eigenvalue weighted by Gasteiger charge is -2.44. The van der Waals surface area contributed by atoms with Crippen LogP contribution in [-0.4, -0.2) is 157 Å². The van der Waals surface area contributed by atoms with Crippen LogP contribution >= 0.6 is 0 Å². The molecule has 0 radical (unpaired) electrons. The monoisotopic (exact) mass is 1080 g/mol. The lowest BCUT2D eigenvalue weighted by molar-refractivity contribution is -0.146. The highest BCUT2D eigenvalue weighted by atomic mass is 19.4. The minimum atomic E-state index is -4.51. The Morgan fingerprint density at radius 1 is 0.935 bits per heavy atom. The molecule has 2 aromatic heterocycles. The van der Waals surface area contributed by atoms with E-state index in [0.29, 0.717) is 115 Å². The third-order valence-corrected chi connectivity index (χ3v) is 17.8. The fourth-order valence-electron chi connectivity index (χ4n) is 13.2. The number of rotatable bonds is 22. The number of aromatic nitrogens is 2. The zero-order chi connectivity index (χ0) is 54.7. The maximum absolute atomic E-state index is 14.6. The highest BCUT2D eigenvalue weighted by Gasteiger charge is 2.52. The summed E-state index contributed by atoms with van der Waals surface area (Å²) in [6.07, 6.45) is 11.4. The van der Waals surface area contributed by atoms with Crippen LogP contribution in [0.25, 0.3) is 0 Å². The van der Waals surface area contributed by atoms with Crippen molar-refractivity contribution in [3.63, 3.8) is 0 Å². The average Bonchev–Trinajstić information content (AvgIpc) is 4.05. The summed E-state index contributed by atoms with van der Waals surface area (Å²) in [5.41, 5.74) is 0.450. The predicted octanol–water partition coefficient (Wildman–Crippen LogP) is 6.32. The molecule has 0 unspecified atom stereocenters. The van der Waals surface area contributed by atoms with Gasteiger partial charge < -0.3 is 44.7 Å². The van der Waals surface area contributed by atoms with Crippen molar-refractivity contribution >= 4 is 29.5 Å². The number of hydrogen-bond acceptors (Lipinski definition) is 12. The van der Waals surface area contributed by atoms with Gasteiger partial charge in [-0.3, -0.25) is 38.8 Å². The molecule has 2 saturated heterocycles. The first kappa shape index (κ1) is 58.4. The number of likely N-dealkylation sites (tertiary alicyclic amines) is 1.